The Kier molecular flexibility index (Phi) is 5.76. The van der Waals surface area contributed by atoms with Crippen molar-refractivity contribution in [2.45, 2.75) is 54.0 Å². The number of nitrogens with one attached hydrogen (secondary N) is 3. The molecular weight excluding hydrogens is 232 g/mol. The zero-order valence-electron chi connectivity index (χ0n) is 12.2. The van der Waals surface area contributed by atoms with Gasteiger partial charge in [0.15, 0.2) is 0 Å². The fraction of sp³-hybridized carbons (Fsp3) is 0.833. The van der Waals surface area contributed by atoms with Crippen LogP contribution >= 0.6 is 0 Å². The second kappa shape index (κ2) is 6.15. The largest absolute Gasteiger partial charge is 0.294 e. The lowest BCUT2D eigenvalue weighted by Gasteiger charge is -2.32. The van der Waals surface area contributed by atoms with Crippen LogP contribution in [-0.4, -0.2) is 17.9 Å². The van der Waals surface area contributed by atoms with Gasteiger partial charge in [-0.1, -0.05) is 27.7 Å². The summed E-state index contributed by atoms with van der Waals surface area (Å²) in [6.07, 6.45) is 0.397. The predicted molar refractivity (Wildman–Crippen MR) is 70.9 cm³/mol. The minimum absolute atomic E-state index is 0.144. The normalized spacial score (nSPS) is 12.4. The number of rotatable bonds is 6. The monoisotopic (exact) mass is 258 g/mol. The zero-order valence-corrected chi connectivity index (χ0v) is 12.2. The lowest BCUT2D eigenvalue weighted by atomic mass is 9.74. The molecule has 0 spiro atoms. The summed E-state index contributed by atoms with van der Waals surface area (Å²) in [5.41, 5.74) is 6.27. The summed E-state index contributed by atoms with van der Waals surface area (Å²) < 4.78 is 0. The Balaban J connectivity index is 4.63. The van der Waals surface area contributed by atoms with Gasteiger partial charge in [-0.2, -0.15) is 0 Å². The number of hydrazine groups is 2. The van der Waals surface area contributed by atoms with Gasteiger partial charge in [0.25, 0.3) is 0 Å². The van der Waals surface area contributed by atoms with Crippen LogP contribution in [0, 0.1) is 10.8 Å². The van der Waals surface area contributed by atoms with Gasteiger partial charge >= 0.3 is 0 Å². The van der Waals surface area contributed by atoms with Gasteiger partial charge in [-0.3, -0.25) is 20.4 Å². The van der Waals surface area contributed by atoms with Crippen molar-refractivity contribution in [3.05, 3.63) is 0 Å². The van der Waals surface area contributed by atoms with E-state index in [0.717, 1.165) is 0 Å². The summed E-state index contributed by atoms with van der Waals surface area (Å²) in [6.45, 7) is 11.0. The first-order valence-corrected chi connectivity index (χ1v) is 6.10. The number of amides is 2. The van der Waals surface area contributed by atoms with Crippen molar-refractivity contribution in [2.24, 2.45) is 16.7 Å². The fourth-order valence-electron chi connectivity index (χ4n) is 1.84. The highest BCUT2D eigenvalue weighted by Crippen LogP contribution is 2.33. The molecule has 0 saturated heterocycles. The second-order valence-corrected chi connectivity index (χ2v) is 6.17. The Morgan fingerprint density at radius 3 is 1.89 bits per heavy atom. The van der Waals surface area contributed by atoms with E-state index in [1.165, 1.54) is 0 Å². The third-order valence-corrected chi connectivity index (χ3v) is 2.72. The van der Waals surface area contributed by atoms with Crippen molar-refractivity contribution in [3.63, 3.8) is 0 Å². The van der Waals surface area contributed by atoms with Crippen LogP contribution in [-0.2, 0) is 9.59 Å². The maximum Gasteiger partial charge on any atom is 0.239 e. The van der Waals surface area contributed by atoms with E-state index < -0.39 is 10.8 Å². The summed E-state index contributed by atoms with van der Waals surface area (Å²) in [5.74, 6) is 4.72. The molecule has 2 amide bonds. The first kappa shape index (κ1) is 16.9. The van der Waals surface area contributed by atoms with E-state index in [1.807, 2.05) is 13.8 Å². The molecule has 0 aromatic carbocycles. The molecule has 0 aliphatic rings. The molecule has 0 aromatic heterocycles. The first-order chi connectivity index (χ1) is 8.03. The lowest BCUT2D eigenvalue weighted by Crippen LogP contribution is -2.50. The van der Waals surface area contributed by atoms with Gasteiger partial charge in [0.05, 0.1) is 0 Å². The van der Waals surface area contributed by atoms with Gasteiger partial charge in [0, 0.05) is 16.9 Å². The van der Waals surface area contributed by atoms with Gasteiger partial charge in [-0.15, -0.1) is 0 Å². The molecule has 0 bridgehead atoms. The molecular formula is C12H26N4O2. The third-order valence-electron chi connectivity index (χ3n) is 2.72. The average molecular weight is 258 g/mol. The van der Waals surface area contributed by atoms with Crippen molar-refractivity contribution in [2.75, 3.05) is 0 Å². The summed E-state index contributed by atoms with van der Waals surface area (Å²) in [6, 6.07) is 0.158. The Morgan fingerprint density at radius 2 is 1.50 bits per heavy atom. The molecule has 6 heteroatoms. The Labute approximate surface area is 109 Å². The second-order valence-electron chi connectivity index (χ2n) is 6.17. The Morgan fingerprint density at radius 1 is 1.06 bits per heavy atom. The van der Waals surface area contributed by atoms with E-state index in [1.54, 1.807) is 27.7 Å². The minimum atomic E-state index is -0.701. The van der Waals surface area contributed by atoms with Gasteiger partial charge in [0.2, 0.25) is 11.8 Å². The van der Waals surface area contributed by atoms with Crippen LogP contribution in [0.2, 0.25) is 0 Å². The highest BCUT2D eigenvalue weighted by atomic mass is 16.2. The van der Waals surface area contributed by atoms with Crippen molar-refractivity contribution in [3.8, 4) is 0 Å². The summed E-state index contributed by atoms with van der Waals surface area (Å²) in [7, 11) is 0. The number of carbonyl (C=O) groups excluding carboxylic acids is 2. The molecule has 6 nitrogen and oxygen atoms in total. The van der Waals surface area contributed by atoms with Crippen molar-refractivity contribution < 1.29 is 9.59 Å². The van der Waals surface area contributed by atoms with E-state index in [2.05, 4.69) is 16.3 Å². The average Bonchev–Trinajstić information content (AvgIpc) is 2.22. The van der Waals surface area contributed by atoms with Crippen LogP contribution in [0.5, 0.6) is 0 Å². The molecule has 0 aromatic rings. The van der Waals surface area contributed by atoms with E-state index in [-0.39, 0.29) is 17.9 Å². The summed E-state index contributed by atoms with van der Waals surface area (Å²) in [5, 5.41) is 0. The van der Waals surface area contributed by atoms with Crippen LogP contribution in [0.1, 0.15) is 48.0 Å². The SMILES string of the molecule is CC(C)NNC(=O)C(C)(C)CC(C)(C)C(=O)NN. The highest BCUT2D eigenvalue weighted by molar-refractivity contribution is 5.85. The van der Waals surface area contributed by atoms with Gasteiger partial charge in [-0.05, 0) is 20.3 Å². The molecule has 18 heavy (non-hydrogen) atoms. The summed E-state index contributed by atoms with van der Waals surface area (Å²) >= 11 is 0. The Hall–Kier alpha value is -1.14. The van der Waals surface area contributed by atoms with Crippen LogP contribution in [0.25, 0.3) is 0 Å². The van der Waals surface area contributed by atoms with Crippen LogP contribution in [0.4, 0.5) is 0 Å². The number of nitrogens with two attached hydrogens (primary N) is 1. The third kappa shape index (κ3) is 5.01. The van der Waals surface area contributed by atoms with Gasteiger partial charge < -0.3 is 0 Å². The number of hydrogen-bond donors (Lipinski definition) is 4. The first-order valence-electron chi connectivity index (χ1n) is 6.10. The zero-order chi connectivity index (χ0) is 14.6. The predicted octanol–water partition coefficient (Wildman–Crippen LogP) is 0.448. The van der Waals surface area contributed by atoms with E-state index >= 15 is 0 Å². The van der Waals surface area contributed by atoms with Crippen molar-refractivity contribution in [1.29, 1.82) is 0 Å². The molecule has 0 aliphatic carbocycles. The van der Waals surface area contributed by atoms with Crippen LogP contribution in [0.3, 0.4) is 0 Å². The lowest BCUT2D eigenvalue weighted by molar-refractivity contribution is -0.136. The van der Waals surface area contributed by atoms with Crippen molar-refractivity contribution in [1.82, 2.24) is 16.3 Å². The molecule has 0 saturated carbocycles. The number of carbonyl (C=O) groups is 2. The van der Waals surface area contributed by atoms with E-state index in [4.69, 9.17) is 5.84 Å². The topological polar surface area (TPSA) is 96.2 Å². The van der Waals surface area contributed by atoms with Crippen molar-refractivity contribution >= 4 is 11.8 Å². The standard InChI is InChI=1S/C12H26N4O2/c1-8(2)15-16-10(18)12(5,6)7-11(3,4)9(17)14-13/h8,15H,7,13H2,1-6H3,(H,14,17)(H,16,18). The molecule has 0 unspecified atom stereocenters. The molecule has 0 atom stereocenters. The molecule has 5 N–H and O–H groups in total. The maximum atomic E-state index is 12.0. The fourth-order valence-corrected chi connectivity index (χ4v) is 1.84. The van der Waals surface area contributed by atoms with Crippen LogP contribution < -0.4 is 22.1 Å². The molecule has 0 fully saturated rings. The van der Waals surface area contributed by atoms with E-state index in [9.17, 15) is 9.59 Å². The molecule has 0 heterocycles. The van der Waals surface area contributed by atoms with Crippen LogP contribution in [0.15, 0.2) is 0 Å². The highest BCUT2D eigenvalue weighted by Gasteiger charge is 2.38. The number of hydrogen-bond acceptors (Lipinski definition) is 4. The van der Waals surface area contributed by atoms with Gasteiger partial charge in [-0.25, -0.2) is 11.3 Å². The molecule has 0 aliphatic heterocycles. The van der Waals surface area contributed by atoms with Gasteiger partial charge in [0.1, 0.15) is 0 Å². The molecule has 0 rings (SSSR count). The smallest absolute Gasteiger partial charge is 0.239 e. The van der Waals surface area contributed by atoms with E-state index in [0.29, 0.717) is 6.42 Å². The quantitative estimate of drug-likeness (QED) is 0.316. The molecule has 0 radical (unpaired) electrons. The summed E-state index contributed by atoms with van der Waals surface area (Å²) in [4.78, 5) is 23.6. The molecule has 106 valence electrons. The maximum absolute atomic E-state index is 12.0. The minimum Gasteiger partial charge on any atom is -0.294 e. The Bertz CT molecular complexity index is 311.